The highest BCUT2D eigenvalue weighted by Gasteiger charge is 2.09. The summed E-state index contributed by atoms with van der Waals surface area (Å²) in [4.78, 5) is 12.0. The van der Waals surface area contributed by atoms with Crippen molar-refractivity contribution in [2.24, 2.45) is 0 Å². The third kappa shape index (κ3) is 2.86. The number of rotatable bonds is 3. The second kappa shape index (κ2) is 5.02. The van der Waals surface area contributed by atoms with Crippen LogP contribution in [0.3, 0.4) is 0 Å². The maximum atomic E-state index is 12.0. The molecule has 0 aliphatic rings. The molecule has 0 atom stereocenters. The van der Waals surface area contributed by atoms with Gasteiger partial charge in [0.1, 0.15) is 0 Å². The molecule has 0 unspecified atom stereocenters. The highest BCUT2D eigenvalue weighted by molar-refractivity contribution is 6.30. The molecule has 2 nitrogen and oxygen atoms in total. The van der Waals surface area contributed by atoms with Crippen LogP contribution in [0, 0.1) is 0 Å². The number of carbonyl (C=O) groups is 1. The van der Waals surface area contributed by atoms with E-state index in [1.54, 1.807) is 24.3 Å². The van der Waals surface area contributed by atoms with E-state index in [-0.39, 0.29) is 5.78 Å². The van der Waals surface area contributed by atoms with Crippen LogP contribution in [0.1, 0.15) is 15.9 Å². The van der Waals surface area contributed by atoms with Crippen LogP contribution in [0.2, 0.25) is 5.02 Å². The van der Waals surface area contributed by atoms with Crippen molar-refractivity contribution < 1.29 is 4.79 Å². The van der Waals surface area contributed by atoms with Gasteiger partial charge in [-0.3, -0.25) is 4.79 Å². The van der Waals surface area contributed by atoms with Gasteiger partial charge in [-0.25, -0.2) is 0 Å². The molecule has 86 valence electrons. The fourth-order valence-electron chi connectivity index (χ4n) is 1.68. The topological polar surface area (TPSA) is 43.1 Å². The van der Waals surface area contributed by atoms with E-state index in [1.165, 1.54) is 0 Å². The normalized spacial score (nSPS) is 10.2. The molecule has 0 saturated heterocycles. The van der Waals surface area contributed by atoms with E-state index in [0.29, 0.717) is 22.7 Å². The van der Waals surface area contributed by atoms with E-state index in [4.69, 9.17) is 17.3 Å². The number of carbonyl (C=O) groups excluding carboxylic acids is 1. The summed E-state index contributed by atoms with van der Waals surface area (Å²) in [5.74, 6) is 0.00497. The number of nitrogen functional groups attached to an aromatic ring is 1. The first-order valence-corrected chi connectivity index (χ1v) is 5.67. The summed E-state index contributed by atoms with van der Waals surface area (Å²) in [6.45, 7) is 0. The molecule has 17 heavy (non-hydrogen) atoms. The van der Waals surface area contributed by atoms with Gasteiger partial charge in [-0.15, -0.1) is 0 Å². The first kappa shape index (κ1) is 11.7. The van der Waals surface area contributed by atoms with Crippen molar-refractivity contribution in [3.05, 3.63) is 64.7 Å². The second-order valence-corrected chi connectivity index (χ2v) is 4.25. The number of nitrogens with two attached hydrogens (primary N) is 1. The molecule has 0 spiro atoms. The van der Waals surface area contributed by atoms with Gasteiger partial charge in [-0.1, -0.05) is 35.9 Å². The summed E-state index contributed by atoms with van der Waals surface area (Å²) in [7, 11) is 0. The van der Waals surface area contributed by atoms with Crippen molar-refractivity contribution in [1.29, 1.82) is 0 Å². The first-order chi connectivity index (χ1) is 8.16. The van der Waals surface area contributed by atoms with Crippen LogP contribution in [0.15, 0.2) is 48.5 Å². The Balaban J connectivity index is 2.20. The third-order valence-electron chi connectivity index (χ3n) is 2.51. The quantitative estimate of drug-likeness (QED) is 0.666. The molecule has 0 heterocycles. The average molecular weight is 246 g/mol. The summed E-state index contributed by atoms with van der Waals surface area (Å²) in [5, 5.41) is 0.635. The van der Waals surface area contributed by atoms with Gasteiger partial charge in [-0.05, 0) is 29.8 Å². The molecule has 0 saturated carbocycles. The van der Waals surface area contributed by atoms with E-state index in [9.17, 15) is 4.79 Å². The zero-order valence-corrected chi connectivity index (χ0v) is 9.95. The van der Waals surface area contributed by atoms with E-state index in [2.05, 4.69) is 0 Å². The molecule has 0 aliphatic heterocycles. The minimum atomic E-state index is 0.00497. The standard InChI is InChI=1S/C14H12ClNO/c15-11-5-3-4-10(8-11)9-14(17)12-6-1-2-7-13(12)16/h1-8H,9,16H2. The molecular formula is C14H12ClNO. The van der Waals surface area contributed by atoms with Gasteiger partial charge in [0.2, 0.25) is 0 Å². The molecule has 2 aromatic rings. The van der Waals surface area contributed by atoms with Gasteiger partial charge in [0.05, 0.1) is 0 Å². The van der Waals surface area contributed by atoms with E-state index in [0.717, 1.165) is 5.56 Å². The number of hydrogen-bond acceptors (Lipinski definition) is 2. The Bertz CT molecular complexity index is 551. The largest absolute Gasteiger partial charge is 0.398 e. The van der Waals surface area contributed by atoms with Gasteiger partial charge >= 0.3 is 0 Å². The van der Waals surface area contributed by atoms with Crippen LogP contribution < -0.4 is 5.73 Å². The highest BCUT2D eigenvalue weighted by Crippen LogP contribution is 2.16. The highest BCUT2D eigenvalue weighted by atomic mass is 35.5. The summed E-state index contributed by atoms with van der Waals surface area (Å²) in [6.07, 6.45) is 0.314. The molecule has 0 amide bonds. The Hall–Kier alpha value is -1.80. The molecule has 2 rings (SSSR count). The van der Waals surface area contributed by atoms with Crippen molar-refractivity contribution in [2.75, 3.05) is 5.73 Å². The Labute approximate surface area is 105 Å². The van der Waals surface area contributed by atoms with E-state index < -0.39 is 0 Å². The lowest BCUT2D eigenvalue weighted by molar-refractivity contribution is 0.0994. The third-order valence-corrected chi connectivity index (χ3v) is 2.75. The molecular weight excluding hydrogens is 234 g/mol. The van der Waals surface area contributed by atoms with Crippen LogP contribution >= 0.6 is 11.6 Å². The number of anilines is 1. The predicted octanol–water partition coefficient (Wildman–Crippen LogP) is 3.35. The Morgan fingerprint density at radius 1 is 1.12 bits per heavy atom. The number of hydrogen-bond donors (Lipinski definition) is 1. The van der Waals surface area contributed by atoms with Gasteiger partial charge < -0.3 is 5.73 Å². The smallest absolute Gasteiger partial charge is 0.169 e. The SMILES string of the molecule is Nc1ccccc1C(=O)Cc1cccc(Cl)c1. The maximum absolute atomic E-state index is 12.0. The molecule has 0 aliphatic carbocycles. The zero-order valence-electron chi connectivity index (χ0n) is 9.19. The zero-order chi connectivity index (χ0) is 12.3. The first-order valence-electron chi connectivity index (χ1n) is 5.29. The lowest BCUT2D eigenvalue weighted by Crippen LogP contribution is -2.06. The number of halogens is 1. The summed E-state index contributed by atoms with van der Waals surface area (Å²) >= 11 is 5.87. The van der Waals surface area contributed by atoms with Gasteiger partial charge in [-0.2, -0.15) is 0 Å². The number of para-hydroxylation sites is 1. The lowest BCUT2D eigenvalue weighted by atomic mass is 10.0. The predicted molar refractivity (Wildman–Crippen MR) is 70.3 cm³/mol. The van der Waals surface area contributed by atoms with Crippen molar-refractivity contribution >= 4 is 23.1 Å². The van der Waals surface area contributed by atoms with Crippen LogP contribution in [0.5, 0.6) is 0 Å². The maximum Gasteiger partial charge on any atom is 0.169 e. The number of benzene rings is 2. The summed E-state index contributed by atoms with van der Waals surface area (Å²) < 4.78 is 0. The van der Waals surface area contributed by atoms with E-state index in [1.807, 2.05) is 24.3 Å². The molecule has 3 heteroatoms. The Kier molecular flexibility index (Phi) is 3.45. The fourth-order valence-corrected chi connectivity index (χ4v) is 1.89. The van der Waals surface area contributed by atoms with Gasteiger partial charge in [0, 0.05) is 22.7 Å². The van der Waals surface area contributed by atoms with Crippen molar-refractivity contribution in [2.45, 2.75) is 6.42 Å². The number of ketones is 1. The van der Waals surface area contributed by atoms with Crippen molar-refractivity contribution in [1.82, 2.24) is 0 Å². The van der Waals surface area contributed by atoms with Crippen molar-refractivity contribution in [3.63, 3.8) is 0 Å². The summed E-state index contributed by atoms with van der Waals surface area (Å²) in [6, 6.07) is 14.4. The van der Waals surface area contributed by atoms with Crippen LogP contribution in [0.25, 0.3) is 0 Å². The van der Waals surface area contributed by atoms with Gasteiger partial charge in [0.25, 0.3) is 0 Å². The number of Topliss-reactive ketones (excluding diaryl/α,β-unsaturated/α-hetero) is 1. The lowest BCUT2D eigenvalue weighted by Gasteiger charge is -2.04. The fraction of sp³-hybridized carbons (Fsp3) is 0.0714. The monoisotopic (exact) mass is 245 g/mol. The van der Waals surface area contributed by atoms with E-state index >= 15 is 0 Å². The molecule has 0 fully saturated rings. The molecule has 2 aromatic carbocycles. The minimum absolute atomic E-state index is 0.00497. The van der Waals surface area contributed by atoms with Crippen molar-refractivity contribution in [3.8, 4) is 0 Å². The Morgan fingerprint density at radius 2 is 1.88 bits per heavy atom. The molecule has 0 radical (unpaired) electrons. The summed E-state index contributed by atoms with van der Waals surface area (Å²) in [5.41, 5.74) is 7.73. The molecule has 2 N–H and O–H groups in total. The molecule has 0 bridgehead atoms. The second-order valence-electron chi connectivity index (χ2n) is 3.82. The Morgan fingerprint density at radius 3 is 2.59 bits per heavy atom. The van der Waals surface area contributed by atoms with Crippen LogP contribution in [-0.4, -0.2) is 5.78 Å². The van der Waals surface area contributed by atoms with Crippen LogP contribution in [-0.2, 0) is 6.42 Å². The minimum Gasteiger partial charge on any atom is -0.398 e. The average Bonchev–Trinajstić information content (AvgIpc) is 2.29. The molecule has 0 aromatic heterocycles. The van der Waals surface area contributed by atoms with Crippen LogP contribution in [0.4, 0.5) is 5.69 Å². The van der Waals surface area contributed by atoms with Gasteiger partial charge in [0.15, 0.2) is 5.78 Å².